The van der Waals surface area contributed by atoms with E-state index in [1.54, 1.807) is 7.11 Å². The SMILES string of the molecule is COc1ccc(C2NC(CCc3ccc(N)cc3)=NCc3ccccc32)cc1. The van der Waals surface area contributed by atoms with Crippen LogP contribution in [0.4, 0.5) is 5.69 Å². The number of fused-ring (bicyclic) bond motifs is 1. The minimum atomic E-state index is 0.0785. The van der Waals surface area contributed by atoms with E-state index in [-0.39, 0.29) is 6.04 Å². The van der Waals surface area contributed by atoms with Crippen LogP contribution in [-0.2, 0) is 13.0 Å². The number of nitrogens with zero attached hydrogens (tertiary/aromatic N) is 1. The maximum atomic E-state index is 5.79. The van der Waals surface area contributed by atoms with E-state index in [1.165, 1.54) is 22.3 Å². The summed E-state index contributed by atoms with van der Waals surface area (Å²) in [6, 6.07) is 24.9. The summed E-state index contributed by atoms with van der Waals surface area (Å²) in [5.74, 6) is 1.90. The summed E-state index contributed by atoms with van der Waals surface area (Å²) in [6.45, 7) is 0.701. The number of hydrogen-bond donors (Lipinski definition) is 2. The van der Waals surface area contributed by atoms with E-state index in [1.807, 2.05) is 24.3 Å². The van der Waals surface area contributed by atoms with Crippen LogP contribution >= 0.6 is 0 Å². The molecule has 0 saturated heterocycles. The van der Waals surface area contributed by atoms with E-state index in [4.69, 9.17) is 15.5 Å². The molecule has 0 amide bonds. The number of rotatable bonds is 5. The van der Waals surface area contributed by atoms with Gasteiger partial charge in [0, 0.05) is 12.1 Å². The minimum Gasteiger partial charge on any atom is -0.497 e. The molecule has 4 rings (SSSR count). The molecule has 3 aromatic carbocycles. The number of aliphatic imine (C=N–C) groups is 1. The first-order chi connectivity index (χ1) is 13.7. The minimum absolute atomic E-state index is 0.0785. The van der Waals surface area contributed by atoms with Crippen molar-refractivity contribution >= 4 is 11.5 Å². The summed E-state index contributed by atoms with van der Waals surface area (Å²) >= 11 is 0. The first kappa shape index (κ1) is 18.1. The number of nitrogens with two attached hydrogens (primary N) is 1. The van der Waals surface area contributed by atoms with Gasteiger partial charge >= 0.3 is 0 Å². The van der Waals surface area contributed by atoms with Crippen molar-refractivity contribution in [3.63, 3.8) is 0 Å². The predicted molar refractivity (Wildman–Crippen MR) is 115 cm³/mol. The second kappa shape index (κ2) is 8.17. The van der Waals surface area contributed by atoms with E-state index in [2.05, 4.69) is 53.8 Å². The Morgan fingerprint density at radius 3 is 2.46 bits per heavy atom. The van der Waals surface area contributed by atoms with Crippen LogP contribution in [-0.4, -0.2) is 12.9 Å². The van der Waals surface area contributed by atoms with Gasteiger partial charge in [-0.05, 0) is 52.9 Å². The zero-order valence-electron chi connectivity index (χ0n) is 16.1. The third kappa shape index (κ3) is 4.01. The zero-order valence-corrected chi connectivity index (χ0v) is 16.1. The van der Waals surface area contributed by atoms with Gasteiger partial charge in [-0.3, -0.25) is 4.99 Å². The lowest BCUT2D eigenvalue weighted by molar-refractivity contribution is 0.414. The van der Waals surface area contributed by atoms with Crippen molar-refractivity contribution in [3.05, 3.63) is 95.1 Å². The molecule has 0 saturated carbocycles. The second-order valence-electron chi connectivity index (χ2n) is 7.05. The molecule has 0 aliphatic carbocycles. The lowest BCUT2D eigenvalue weighted by Gasteiger charge is -2.22. The normalized spacial score (nSPS) is 15.8. The molecule has 1 aliphatic rings. The lowest BCUT2D eigenvalue weighted by Crippen LogP contribution is -2.28. The smallest absolute Gasteiger partial charge is 0.118 e. The Labute approximate surface area is 166 Å². The standard InChI is InChI=1S/C24H25N3O/c1-28-21-13-9-18(10-14-21)24-22-5-3-2-4-19(22)16-26-23(27-24)15-8-17-6-11-20(25)12-7-17/h2-7,9-14,24H,8,15-16,25H2,1H3,(H,26,27). The molecule has 1 heterocycles. The largest absolute Gasteiger partial charge is 0.497 e. The number of nitrogen functional groups attached to an aromatic ring is 1. The summed E-state index contributed by atoms with van der Waals surface area (Å²) < 4.78 is 5.31. The van der Waals surface area contributed by atoms with Crippen LogP contribution in [0.5, 0.6) is 5.75 Å². The predicted octanol–water partition coefficient (Wildman–Crippen LogP) is 4.50. The van der Waals surface area contributed by atoms with E-state index >= 15 is 0 Å². The highest BCUT2D eigenvalue weighted by molar-refractivity contribution is 5.84. The van der Waals surface area contributed by atoms with Crippen molar-refractivity contribution < 1.29 is 4.74 Å². The molecule has 0 aromatic heterocycles. The molecule has 0 fully saturated rings. The molecule has 0 spiro atoms. The average Bonchev–Trinajstić information content (AvgIpc) is 2.93. The van der Waals surface area contributed by atoms with Crippen LogP contribution in [0.2, 0.25) is 0 Å². The fourth-order valence-electron chi connectivity index (χ4n) is 3.59. The van der Waals surface area contributed by atoms with Gasteiger partial charge in [-0.1, -0.05) is 48.5 Å². The Kier molecular flexibility index (Phi) is 5.29. The molecular formula is C24H25N3O. The lowest BCUT2D eigenvalue weighted by atomic mass is 9.94. The molecule has 1 unspecified atom stereocenters. The first-order valence-corrected chi connectivity index (χ1v) is 9.59. The molecule has 4 nitrogen and oxygen atoms in total. The van der Waals surface area contributed by atoms with Crippen LogP contribution in [0.15, 0.2) is 77.8 Å². The monoisotopic (exact) mass is 371 g/mol. The molecule has 0 radical (unpaired) electrons. The molecule has 142 valence electrons. The van der Waals surface area contributed by atoms with Gasteiger partial charge < -0.3 is 15.8 Å². The molecule has 3 aromatic rings. The average molecular weight is 371 g/mol. The number of ether oxygens (including phenoxy) is 1. The molecule has 1 aliphatic heterocycles. The van der Waals surface area contributed by atoms with Gasteiger partial charge in [0.1, 0.15) is 5.75 Å². The highest BCUT2D eigenvalue weighted by Gasteiger charge is 2.21. The third-order valence-corrected chi connectivity index (χ3v) is 5.20. The van der Waals surface area contributed by atoms with Crippen molar-refractivity contribution in [3.8, 4) is 5.75 Å². The Morgan fingerprint density at radius 2 is 1.71 bits per heavy atom. The first-order valence-electron chi connectivity index (χ1n) is 9.59. The summed E-state index contributed by atoms with van der Waals surface area (Å²) in [6.07, 6.45) is 1.79. The van der Waals surface area contributed by atoms with Crippen molar-refractivity contribution in [2.45, 2.75) is 25.4 Å². The van der Waals surface area contributed by atoms with E-state index in [9.17, 15) is 0 Å². The third-order valence-electron chi connectivity index (χ3n) is 5.20. The van der Waals surface area contributed by atoms with Gasteiger partial charge in [0.05, 0.1) is 25.5 Å². The number of methoxy groups -OCH3 is 1. The molecule has 1 atom stereocenters. The molecule has 0 bridgehead atoms. The Bertz CT molecular complexity index is 962. The quantitative estimate of drug-likeness (QED) is 0.649. The summed E-state index contributed by atoms with van der Waals surface area (Å²) in [5, 5.41) is 3.69. The number of nitrogens with one attached hydrogen (secondary N) is 1. The Morgan fingerprint density at radius 1 is 0.964 bits per heavy atom. The molecule has 4 heteroatoms. The van der Waals surface area contributed by atoms with Gasteiger partial charge in [-0.25, -0.2) is 0 Å². The Hall–Kier alpha value is -3.27. The molecule has 28 heavy (non-hydrogen) atoms. The maximum absolute atomic E-state index is 5.79. The van der Waals surface area contributed by atoms with Crippen LogP contribution < -0.4 is 15.8 Å². The van der Waals surface area contributed by atoms with Gasteiger partial charge in [-0.2, -0.15) is 0 Å². The van der Waals surface area contributed by atoms with E-state index in [0.717, 1.165) is 30.1 Å². The van der Waals surface area contributed by atoms with Crippen LogP contribution in [0, 0.1) is 0 Å². The van der Waals surface area contributed by atoms with E-state index in [0.29, 0.717) is 6.54 Å². The fraction of sp³-hybridized carbons (Fsp3) is 0.208. The summed E-state index contributed by atoms with van der Waals surface area (Å²) in [4.78, 5) is 4.86. The van der Waals surface area contributed by atoms with Crippen LogP contribution in [0.25, 0.3) is 0 Å². The van der Waals surface area contributed by atoms with Gasteiger partial charge in [-0.15, -0.1) is 0 Å². The van der Waals surface area contributed by atoms with Gasteiger partial charge in [0.2, 0.25) is 0 Å². The Balaban J connectivity index is 1.58. The highest BCUT2D eigenvalue weighted by atomic mass is 16.5. The maximum Gasteiger partial charge on any atom is 0.118 e. The summed E-state index contributed by atoms with van der Waals surface area (Å²) in [7, 11) is 1.69. The number of anilines is 1. The van der Waals surface area contributed by atoms with Crippen molar-refractivity contribution in [2.75, 3.05) is 12.8 Å². The second-order valence-corrected chi connectivity index (χ2v) is 7.05. The number of aryl methyl sites for hydroxylation is 1. The van der Waals surface area contributed by atoms with Crippen molar-refractivity contribution in [1.82, 2.24) is 5.32 Å². The van der Waals surface area contributed by atoms with Crippen LogP contribution in [0.3, 0.4) is 0 Å². The van der Waals surface area contributed by atoms with Crippen molar-refractivity contribution in [2.24, 2.45) is 4.99 Å². The number of benzene rings is 3. The van der Waals surface area contributed by atoms with Crippen molar-refractivity contribution in [1.29, 1.82) is 0 Å². The number of amidine groups is 1. The zero-order chi connectivity index (χ0) is 19.3. The fourth-order valence-corrected chi connectivity index (χ4v) is 3.59. The van der Waals surface area contributed by atoms with E-state index < -0.39 is 0 Å². The topological polar surface area (TPSA) is 59.6 Å². The van der Waals surface area contributed by atoms with Crippen LogP contribution in [0.1, 0.15) is 34.7 Å². The van der Waals surface area contributed by atoms with Gasteiger partial charge in [0.25, 0.3) is 0 Å². The molecular weight excluding hydrogens is 346 g/mol. The molecule has 3 N–H and O–H groups in total. The highest BCUT2D eigenvalue weighted by Crippen LogP contribution is 2.29. The number of hydrogen-bond acceptors (Lipinski definition) is 4. The summed E-state index contributed by atoms with van der Waals surface area (Å²) in [5.41, 5.74) is 11.6. The van der Waals surface area contributed by atoms with Gasteiger partial charge in [0.15, 0.2) is 0 Å².